The maximum atomic E-state index is 12.2. The van der Waals surface area contributed by atoms with E-state index in [1.807, 2.05) is 62.6 Å². The SMILES string of the molecule is CSc1nc2nc(C)c(CC(=O)OC/C=C/c3ccccc3)c(C)n2n1. The molecule has 0 aliphatic rings. The van der Waals surface area contributed by atoms with E-state index in [0.29, 0.717) is 10.9 Å². The first-order valence-electron chi connectivity index (χ1n) is 8.22. The first-order valence-corrected chi connectivity index (χ1v) is 9.45. The molecule has 6 nitrogen and oxygen atoms in total. The minimum Gasteiger partial charge on any atom is -0.461 e. The number of fused-ring (bicyclic) bond motifs is 1. The van der Waals surface area contributed by atoms with Crippen molar-refractivity contribution >= 4 is 29.6 Å². The summed E-state index contributed by atoms with van der Waals surface area (Å²) in [5, 5.41) is 5.05. The Hall–Kier alpha value is -2.67. The summed E-state index contributed by atoms with van der Waals surface area (Å²) in [7, 11) is 0. The predicted octanol–water partition coefficient (Wildman–Crippen LogP) is 3.26. The number of hydrogen-bond donors (Lipinski definition) is 0. The van der Waals surface area contributed by atoms with Gasteiger partial charge in [-0.3, -0.25) is 4.79 Å². The molecule has 0 bridgehead atoms. The van der Waals surface area contributed by atoms with Gasteiger partial charge in [0.05, 0.1) is 6.42 Å². The molecule has 0 aliphatic carbocycles. The molecule has 26 heavy (non-hydrogen) atoms. The van der Waals surface area contributed by atoms with Crippen LogP contribution in [0.25, 0.3) is 11.9 Å². The molecule has 0 spiro atoms. The van der Waals surface area contributed by atoms with Crippen molar-refractivity contribution in [2.45, 2.75) is 25.4 Å². The Morgan fingerprint density at radius 3 is 2.73 bits per heavy atom. The largest absolute Gasteiger partial charge is 0.461 e. The van der Waals surface area contributed by atoms with E-state index < -0.39 is 0 Å². The molecule has 3 aromatic rings. The minimum atomic E-state index is -0.291. The summed E-state index contributed by atoms with van der Waals surface area (Å²) in [6.07, 6.45) is 5.83. The third-order valence-corrected chi connectivity index (χ3v) is 4.52. The highest BCUT2D eigenvalue weighted by Crippen LogP contribution is 2.17. The molecule has 0 amide bonds. The molecule has 0 fully saturated rings. The van der Waals surface area contributed by atoms with Gasteiger partial charge in [0.2, 0.25) is 5.16 Å². The van der Waals surface area contributed by atoms with Crippen molar-refractivity contribution in [1.29, 1.82) is 0 Å². The van der Waals surface area contributed by atoms with Crippen molar-refractivity contribution in [2.24, 2.45) is 0 Å². The lowest BCUT2D eigenvalue weighted by Crippen LogP contribution is -2.13. The fourth-order valence-corrected chi connectivity index (χ4v) is 2.95. The molecule has 0 radical (unpaired) electrons. The van der Waals surface area contributed by atoms with E-state index in [4.69, 9.17) is 4.74 Å². The number of carbonyl (C=O) groups is 1. The molecular weight excluding hydrogens is 348 g/mol. The van der Waals surface area contributed by atoms with E-state index in [-0.39, 0.29) is 19.0 Å². The van der Waals surface area contributed by atoms with E-state index in [1.54, 1.807) is 4.52 Å². The molecule has 7 heteroatoms. The van der Waals surface area contributed by atoms with Crippen LogP contribution in [0.1, 0.15) is 22.5 Å². The van der Waals surface area contributed by atoms with Crippen LogP contribution >= 0.6 is 11.8 Å². The van der Waals surface area contributed by atoms with Gasteiger partial charge in [-0.1, -0.05) is 48.2 Å². The molecule has 134 valence electrons. The van der Waals surface area contributed by atoms with Crippen LogP contribution in [0.3, 0.4) is 0 Å². The van der Waals surface area contributed by atoms with Crippen LogP contribution in [0.4, 0.5) is 0 Å². The zero-order valence-electron chi connectivity index (χ0n) is 15.0. The van der Waals surface area contributed by atoms with E-state index >= 15 is 0 Å². The number of nitrogens with zero attached hydrogens (tertiary/aromatic N) is 4. The zero-order valence-corrected chi connectivity index (χ0v) is 15.8. The second-order valence-electron chi connectivity index (χ2n) is 5.74. The van der Waals surface area contributed by atoms with Gasteiger partial charge in [0, 0.05) is 17.0 Å². The molecule has 0 atom stereocenters. The van der Waals surface area contributed by atoms with Gasteiger partial charge in [-0.2, -0.15) is 4.98 Å². The fourth-order valence-electron chi connectivity index (χ4n) is 2.62. The number of aromatic nitrogens is 4. The molecule has 0 aliphatic heterocycles. The van der Waals surface area contributed by atoms with E-state index in [9.17, 15) is 4.79 Å². The van der Waals surface area contributed by atoms with Gasteiger partial charge in [-0.05, 0) is 31.7 Å². The van der Waals surface area contributed by atoms with Crippen molar-refractivity contribution in [3.8, 4) is 0 Å². The summed E-state index contributed by atoms with van der Waals surface area (Å²) in [6.45, 7) is 4.03. The highest BCUT2D eigenvalue weighted by molar-refractivity contribution is 7.98. The molecule has 2 heterocycles. The standard InChI is InChI=1S/C19H20N4O2S/c1-13-16(14(2)23-18(20-13)21-19(22-23)26-3)12-17(24)25-11-7-10-15-8-5-4-6-9-15/h4-10H,11-12H2,1-3H3/b10-7+. The number of rotatable bonds is 6. The van der Waals surface area contributed by atoms with Gasteiger partial charge in [-0.25, -0.2) is 9.50 Å². The van der Waals surface area contributed by atoms with Crippen LogP contribution in [-0.2, 0) is 16.0 Å². The normalized spacial score (nSPS) is 11.3. The average Bonchev–Trinajstić information content (AvgIpc) is 3.06. The molecule has 0 unspecified atom stereocenters. The van der Waals surface area contributed by atoms with Crippen molar-refractivity contribution in [2.75, 3.05) is 12.9 Å². The highest BCUT2D eigenvalue weighted by atomic mass is 32.2. The number of hydrogen-bond acceptors (Lipinski definition) is 6. The van der Waals surface area contributed by atoms with E-state index in [0.717, 1.165) is 22.5 Å². The van der Waals surface area contributed by atoms with Gasteiger partial charge >= 0.3 is 5.97 Å². The number of ether oxygens (including phenoxy) is 1. The van der Waals surface area contributed by atoms with Crippen molar-refractivity contribution in [3.63, 3.8) is 0 Å². The van der Waals surface area contributed by atoms with Crippen LogP contribution < -0.4 is 0 Å². The lowest BCUT2D eigenvalue weighted by atomic mass is 10.1. The van der Waals surface area contributed by atoms with Crippen molar-refractivity contribution in [3.05, 3.63) is 58.9 Å². The average molecular weight is 368 g/mol. The summed E-state index contributed by atoms with van der Waals surface area (Å²) < 4.78 is 6.99. The molecule has 0 saturated carbocycles. The van der Waals surface area contributed by atoms with Crippen LogP contribution in [0.15, 0.2) is 41.6 Å². The Labute approximate surface area is 156 Å². The molecule has 3 rings (SSSR count). The Morgan fingerprint density at radius 2 is 2.00 bits per heavy atom. The summed E-state index contributed by atoms with van der Waals surface area (Å²) in [5.41, 5.74) is 3.52. The first kappa shape index (κ1) is 18.1. The van der Waals surface area contributed by atoms with Crippen molar-refractivity contribution in [1.82, 2.24) is 19.6 Å². The molecule has 2 aromatic heterocycles. The Morgan fingerprint density at radius 1 is 1.23 bits per heavy atom. The van der Waals surface area contributed by atoms with Gasteiger partial charge in [0.15, 0.2) is 0 Å². The molecular formula is C19H20N4O2S. The second kappa shape index (κ2) is 8.14. The van der Waals surface area contributed by atoms with Gasteiger partial charge in [0.25, 0.3) is 5.78 Å². The van der Waals surface area contributed by atoms with Crippen LogP contribution in [0.5, 0.6) is 0 Å². The van der Waals surface area contributed by atoms with Gasteiger partial charge in [-0.15, -0.1) is 5.10 Å². The second-order valence-corrected chi connectivity index (χ2v) is 6.52. The molecule has 1 aromatic carbocycles. The number of carbonyl (C=O) groups excluding carboxylic acids is 1. The third-order valence-electron chi connectivity index (χ3n) is 3.98. The maximum Gasteiger partial charge on any atom is 0.310 e. The van der Waals surface area contributed by atoms with E-state index in [2.05, 4.69) is 15.1 Å². The third kappa shape index (κ3) is 4.11. The zero-order chi connectivity index (χ0) is 18.5. The summed E-state index contributed by atoms with van der Waals surface area (Å²) >= 11 is 1.46. The first-order chi connectivity index (χ1) is 12.6. The number of thioether (sulfide) groups is 1. The number of aryl methyl sites for hydroxylation is 2. The van der Waals surface area contributed by atoms with E-state index in [1.165, 1.54) is 11.8 Å². The summed E-state index contributed by atoms with van der Waals surface area (Å²) in [6, 6.07) is 9.88. The van der Waals surface area contributed by atoms with Gasteiger partial charge in [0.1, 0.15) is 6.61 Å². The Balaban J connectivity index is 1.66. The van der Waals surface area contributed by atoms with Crippen LogP contribution in [0, 0.1) is 13.8 Å². The molecule has 0 N–H and O–H groups in total. The van der Waals surface area contributed by atoms with Crippen LogP contribution in [-0.4, -0.2) is 38.4 Å². The van der Waals surface area contributed by atoms with Gasteiger partial charge < -0.3 is 4.74 Å². The highest BCUT2D eigenvalue weighted by Gasteiger charge is 2.16. The smallest absolute Gasteiger partial charge is 0.310 e. The monoisotopic (exact) mass is 368 g/mol. The Bertz CT molecular complexity index is 951. The quantitative estimate of drug-likeness (QED) is 0.491. The molecule has 0 saturated heterocycles. The lowest BCUT2D eigenvalue weighted by molar-refractivity contribution is -0.141. The van der Waals surface area contributed by atoms with Crippen molar-refractivity contribution < 1.29 is 9.53 Å². The number of esters is 1. The number of benzene rings is 1. The lowest BCUT2D eigenvalue weighted by Gasteiger charge is -2.09. The Kier molecular flexibility index (Phi) is 5.68. The topological polar surface area (TPSA) is 69.4 Å². The summed E-state index contributed by atoms with van der Waals surface area (Å²) in [4.78, 5) is 21.0. The predicted molar refractivity (Wildman–Crippen MR) is 102 cm³/mol. The minimum absolute atomic E-state index is 0.161. The van der Waals surface area contributed by atoms with Crippen LogP contribution in [0.2, 0.25) is 0 Å². The fraction of sp³-hybridized carbons (Fsp3) is 0.263. The summed E-state index contributed by atoms with van der Waals surface area (Å²) in [5.74, 6) is 0.257. The maximum absolute atomic E-state index is 12.2.